The van der Waals surface area contributed by atoms with Gasteiger partial charge in [0.1, 0.15) is 5.82 Å². The fourth-order valence-electron chi connectivity index (χ4n) is 5.14. The van der Waals surface area contributed by atoms with E-state index < -0.39 is 35.3 Å². The largest absolute Gasteiger partial charge is 0.416 e. The first-order chi connectivity index (χ1) is 17.2. The third kappa shape index (κ3) is 4.93. The highest BCUT2D eigenvalue weighted by Crippen LogP contribution is 2.40. The Morgan fingerprint density at radius 2 is 1.86 bits per heavy atom. The second kappa shape index (κ2) is 9.97. The zero-order valence-electron chi connectivity index (χ0n) is 19.2. The molecule has 10 heteroatoms. The summed E-state index contributed by atoms with van der Waals surface area (Å²) in [5, 5.41) is 4.95. The maximum absolute atomic E-state index is 14.5. The van der Waals surface area contributed by atoms with E-state index in [2.05, 4.69) is 5.32 Å². The molecule has 4 nitrogen and oxygen atoms in total. The Bertz CT molecular complexity index is 1270. The highest BCUT2D eigenvalue weighted by atomic mass is 32.1. The van der Waals surface area contributed by atoms with Gasteiger partial charge in [-0.3, -0.25) is 9.59 Å². The van der Waals surface area contributed by atoms with E-state index in [1.807, 2.05) is 29.6 Å². The molecule has 1 fully saturated rings. The summed E-state index contributed by atoms with van der Waals surface area (Å²) in [6.07, 6.45) is -2.31. The molecule has 2 atom stereocenters. The van der Waals surface area contributed by atoms with Crippen LogP contribution in [0.1, 0.15) is 41.7 Å². The SMILES string of the molecule is O=C(NCc1ccc(-c2cccs2)s1)[C@@H]1CCC[C@H]1C(=O)N1CCCc2c(F)cc(C(F)(F)F)cc21. The number of nitrogens with zero attached hydrogens (tertiary/aromatic N) is 1. The molecule has 1 N–H and O–H groups in total. The number of thiophene rings is 2. The molecule has 1 aliphatic carbocycles. The normalized spacial score (nSPS) is 19.8. The lowest BCUT2D eigenvalue weighted by Gasteiger charge is -2.33. The standard InChI is InChI=1S/C26H24F4N2O2S2/c27-20-12-15(26(28,29)30)13-21-19(20)6-2-10-32(21)25(34)18-5-1-4-17(18)24(33)31-14-16-8-9-23(36-16)22-7-3-11-35-22/h3,7-9,11-13,17-18H,1-2,4-6,10,14H2,(H,31,33)/t17-,18-/m1/s1. The Labute approximate surface area is 213 Å². The predicted octanol–water partition coefficient (Wildman–Crippen LogP) is 6.65. The van der Waals surface area contributed by atoms with Gasteiger partial charge in [0.05, 0.1) is 23.7 Å². The van der Waals surface area contributed by atoms with Crippen LogP contribution in [0.4, 0.5) is 23.2 Å². The maximum Gasteiger partial charge on any atom is 0.416 e. The van der Waals surface area contributed by atoms with Gasteiger partial charge in [-0.1, -0.05) is 12.5 Å². The van der Waals surface area contributed by atoms with Crippen LogP contribution < -0.4 is 10.2 Å². The van der Waals surface area contributed by atoms with Crippen molar-refractivity contribution in [2.75, 3.05) is 11.4 Å². The quantitative estimate of drug-likeness (QED) is 0.372. The van der Waals surface area contributed by atoms with E-state index in [1.165, 1.54) is 4.90 Å². The van der Waals surface area contributed by atoms with Gasteiger partial charge in [-0.15, -0.1) is 22.7 Å². The summed E-state index contributed by atoms with van der Waals surface area (Å²) in [5.41, 5.74) is -1.01. The Kier molecular flexibility index (Phi) is 6.91. The zero-order chi connectivity index (χ0) is 25.4. The third-order valence-corrected chi connectivity index (χ3v) is 9.05. The van der Waals surface area contributed by atoms with Crippen molar-refractivity contribution >= 4 is 40.2 Å². The monoisotopic (exact) mass is 536 g/mol. The average molecular weight is 537 g/mol. The Hall–Kier alpha value is -2.72. The molecule has 1 aliphatic heterocycles. The fraction of sp³-hybridized carbons (Fsp3) is 0.385. The number of alkyl halides is 3. The molecular formula is C26H24F4N2O2S2. The topological polar surface area (TPSA) is 49.4 Å². The molecule has 2 amide bonds. The molecule has 36 heavy (non-hydrogen) atoms. The highest BCUT2D eigenvalue weighted by molar-refractivity contribution is 7.21. The van der Waals surface area contributed by atoms with E-state index >= 15 is 0 Å². The van der Waals surface area contributed by atoms with E-state index in [9.17, 15) is 27.2 Å². The van der Waals surface area contributed by atoms with Gasteiger partial charge in [0.15, 0.2) is 0 Å². The summed E-state index contributed by atoms with van der Waals surface area (Å²) < 4.78 is 54.5. The number of hydrogen-bond acceptors (Lipinski definition) is 4. The molecule has 3 aromatic rings. The lowest BCUT2D eigenvalue weighted by Crippen LogP contribution is -2.44. The van der Waals surface area contributed by atoms with Crippen LogP contribution >= 0.6 is 22.7 Å². The molecule has 0 unspecified atom stereocenters. The zero-order valence-corrected chi connectivity index (χ0v) is 20.9. The number of benzene rings is 1. The lowest BCUT2D eigenvalue weighted by molar-refractivity contribution is -0.137. The van der Waals surface area contributed by atoms with Gasteiger partial charge < -0.3 is 10.2 Å². The molecule has 0 radical (unpaired) electrons. The Balaban J connectivity index is 1.30. The summed E-state index contributed by atoms with van der Waals surface area (Å²) in [7, 11) is 0. The van der Waals surface area contributed by atoms with E-state index in [-0.39, 0.29) is 30.1 Å². The van der Waals surface area contributed by atoms with Crippen LogP contribution in [0.25, 0.3) is 9.75 Å². The van der Waals surface area contributed by atoms with E-state index in [0.29, 0.717) is 38.3 Å². The van der Waals surface area contributed by atoms with Crippen molar-refractivity contribution in [3.05, 3.63) is 63.6 Å². The number of hydrogen-bond donors (Lipinski definition) is 1. The summed E-state index contributed by atoms with van der Waals surface area (Å²) >= 11 is 3.24. The molecule has 2 aliphatic rings. The van der Waals surface area contributed by atoms with Crippen LogP contribution in [-0.4, -0.2) is 18.4 Å². The number of carbonyl (C=O) groups excluding carboxylic acids is 2. The number of rotatable bonds is 5. The van der Waals surface area contributed by atoms with Crippen molar-refractivity contribution < 1.29 is 27.2 Å². The van der Waals surface area contributed by atoms with Gasteiger partial charge in [-0.05, 0) is 61.4 Å². The van der Waals surface area contributed by atoms with Crippen molar-refractivity contribution in [1.29, 1.82) is 0 Å². The summed E-state index contributed by atoms with van der Waals surface area (Å²) in [4.78, 5) is 31.1. The predicted molar refractivity (Wildman–Crippen MR) is 132 cm³/mol. The first-order valence-electron chi connectivity index (χ1n) is 11.8. The minimum atomic E-state index is -4.72. The van der Waals surface area contributed by atoms with Crippen molar-refractivity contribution in [2.24, 2.45) is 11.8 Å². The molecular weight excluding hydrogens is 512 g/mol. The Morgan fingerprint density at radius 3 is 2.61 bits per heavy atom. The third-order valence-electron chi connectivity index (χ3n) is 6.90. The van der Waals surface area contributed by atoms with Crippen molar-refractivity contribution in [1.82, 2.24) is 5.32 Å². The van der Waals surface area contributed by atoms with E-state index in [1.54, 1.807) is 22.7 Å². The number of anilines is 1. The Morgan fingerprint density at radius 1 is 1.06 bits per heavy atom. The first kappa shape index (κ1) is 25.0. The molecule has 0 bridgehead atoms. The van der Waals surface area contributed by atoms with Crippen LogP contribution in [-0.2, 0) is 28.7 Å². The number of nitrogens with one attached hydrogen (secondary N) is 1. The van der Waals surface area contributed by atoms with Crippen molar-refractivity contribution in [3.8, 4) is 9.75 Å². The van der Waals surface area contributed by atoms with Gasteiger partial charge in [0.25, 0.3) is 0 Å². The van der Waals surface area contributed by atoms with Gasteiger partial charge in [0.2, 0.25) is 11.8 Å². The number of carbonyl (C=O) groups is 2. The summed E-state index contributed by atoms with van der Waals surface area (Å²) in [6.45, 7) is 0.553. The molecule has 3 heterocycles. The molecule has 0 spiro atoms. The number of halogens is 4. The number of amides is 2. The van der Waals surface area contributed by atoms with Crippen LogP contribution in [0.5, 0.6) is 0 Å². The van der Waals surface area contributed by atoms with Gasteiger partial charge in [-0.2, -0.15) is 13.2 Å². The summed E-state index contributed by atoms with van der Waals surface area (Å²) in [5.74, 6) is -2.78. The minimum absolute atomic E-state index is 0.0238. The molecule has 0 saturated heterocycles. The van der Waals surface area contributed by atoms with Gasteiger partial charge in [0, 0.05) is 32.7 Å². The van der Waals surface area contributed by atoms with Crippen LogP contribution in [0, 0.1) is 17.7 Å². The fourth-order valence-corrected chi connectivity index (χ4v) is 6.92. The van der Waals surface area contributed by atoms with E-state index in [0.717, 1.165) is 20.7 Å². The van der Waals surface area contributed by atoms with E-state index in [4.69, 9.17) is 0 Å². The second-order valence-corrected chi connectivity index (χ2v) is 11.3. The minimum Gasteiger partial charge on any atom is -0.351 e. The first-order valence-corrected chi connectivity index (χ1v) is 13.5. The van der Waals surface area contributed by atoms with Crippen molar-refractivity contribution in [2.45, 2.75) is 44.8 Å². The molecule has 190 valence electrons. The number of fused-ring (bicyclic) bond motifs is 1. The van der Waals surface area contributed by atoms with Crippen LogP contribution in [0.2, 0.25) is 0 Å². The molecule has 5 rings (SSSR count). The summed E-state index contributed by atoms with van der Waals surface area (Å²) in [6, 6.07) is 9.36. The van der Waals surface area contributed by atoms with Crippen molar-refractivity contribution in [3.63, 3.8) is 0 Å². The molecule has 2 aromatic heterocycles. The smallest absolute Gasteiger partial charge is 0.351 e. The van der Waals surface area contributed by atoms with Crippen LogP contribution in [0.3, 0.4) is 0 Å². The lowest BCUT2D eigenvalue weighted by atomic mass is 9.91. The molecule has 1 saturated carbocycles. The maximum atomic E-state index is 14.5. The van der Waals surface area contributed by atoms with Crippen LogP contribution in [0.15, 0.2) is 41.8 Å². The average Bonchev–Trinajstić information content (AvgIpc) is 3.62. The van der Waals surface area contributed by atoms with Gasteiger partial charge in [-0.25, -0.2) is 4.39 Å². The van der Waals surface area contributed by atoms with Gasteiger partial charge >= 0.3 is 6.18 Å². The highest BCUT2D eigenvalue weighted by Gasteiger charge is 2.42. The second-order valence-electron chi connectivity index (χ2n) is 9.15. The molecule has 1 aromatic carbocycles.